The van der Waals surface area contributed by atoms with Crippen LogP contribution in [0.3, 0.4) is 0 Å². The first-order valence-electron chi connectivity index (χ1n) is 5.19. The van der Waals surface area contributed by atoms with Crippen molar-refractivity contribution in [3.8, 4) is 0 Å². The quantitative estimate of drug-likeness (QED) is 0.813. The summed E-state index contributed by atoms with van der Waals surface area (Å²) in [5.41, 5.74) is 0. The Kier molecular flexibility index (Phi) is 5.91. The summed E-state index contributed by atoms with van der Waals surface area (Å²) in [6, 6.07) is 1.52. The van der Waals surface area contributed by atoms with E-state index in [4.69, 9.17) is 23.2 Å². The molecule has 0 aromatic carbocycles. The molecule has 2 aromatic heterocycles. The normalized spacial score (nSPS) is 10.6. The Balaban J connectivity index is 1.89. The van der Waals surface area contributed by atoms with E-state index in [1.165, 1.54) is 47.1 Å². The number of halogens is 2. The lowest BCUT2D eigenvalue weighted by Crippen LogP contribution is -2.15. The maximum Gasteiger partial charge on any atom is 0.236 e. The molecule has 10 heteroatoms. The molecule has 0 saturated carbocycles. The fourth-order valence-corrected chi connectivity index (χ4v) is 3.81. The van der Waals surface area contributed by atoms with Gasteiger partial charge in [0.25, 0.3) is 0 Å². The molecule has 0 radical (unpaired) electrons. The molecule has 20 heavy (non-hydrogen) atoms. The van der Waals surface area contributed by atoms with Gasteiger partial charge in [-0.3, -0.25) is 4.79 Å². The third-order valence-corrected chi connectivity index (χ3v) is 5.48. The first kappa shape index (κ1) is 15.8. The second-order valence-electron chi connectivity index (χ2n) is 3.36. The smallest absolute Gasteiger partial charge is 0.236 e. The van der Waals surface area contributed by atoms with Crippen molar-refractivity contribution in [1.82, 2.24) is 15.2 Å². The van der Waals surface area contributed by atoms with Gasteiger partial charge in [0.1, 0.15) is 0 Å². The van der Waals surface area contributed by atoms with E-state index in [-0.39, 0.29) is 11.7 Å². The number of anilines is 1. The lowest BCUT2D eigenvalue weighted by Gasteiger charge is -2.05. The zero-order chi connectivity index (χ0) is 14.5. The van der Waals surface area contributed by atoms with Gasteiger partial charge in [-0.15, -0.1) is 10.2 Å². The fourth-order valence-electron chi connectivity index (χ4n) is 1.14. The number of nitrogens with one attached hydrogen (secondary N) is 1. The van der Waals surface area contributed by atoms with Gasteiger partial charge in [-0.2, -0.15) is 0 Å². The van der Waals surface area contributed by atoms with Crippen molar-refractivity contribution in [2.24, 2.45) is 0 Å². The Labute approximate surface area is 137 Å². The monoisotopic (exact) mass is 366 g/mol. The van der Waals surface area contributed by atoms with Gasteiger partial charge in [-0.05, 0) is 12.3 Å². The standard InChI is InChI=1S/C10H8Cl2N4OS3/c1-18-9-15-16-10(20-9)19-4-7(17)14-8-6(12)2-5(11)3-13-8/h2-3H,4H2,1H3,(H,13,14,17). The summed E-state index contributed by atoms with van der Waals surface area (Å²) in [6.07, 6.45) is 3.35. The average Bonchev–Trinajstić information content (AvgIpc) is 2.88. The van der Waals surface area contributed by atoms with Crippen LogP contribution in [-0.2, 0) is 4.79 Å². The van der Waals surface area contributed by atoms with E-state index in [0.29, 0.717) is 15.9 Å². The molecule has 2 aromatic rings. The van der Waals surface area contributed by atoms with E-state index in [0.717, 1.165) is 8.68 Å². The molecule has 5 nitrogen and oxygen atoms in total. The van der Waals surface area contributed by atoms with Crippen LogP contribution in [0, 0.1) is 0 Å². The minimum atomic E-state index is -0.215. The fraction of sp³-hybridized carbons (Fsp3) is 0.200. The minimum absolute atomic E-state index is 0.212. The van der Waals surface area contributed by atoms with E-state index < -0.39 is 0 Å². The van der Waals surface area contributed by atoms with E-state index in [2.05, 4.69) is 20.5 Å². The molecule has 0 aliphatic heterocycles. The number of amides is 1. The summed E-state index contributed by atoms with van der Waals surface area (Å²) in [5.74, 6) is 0.292. The molecular formula is C10H8Cl2N4OS3. The summed E-state index contributed by atoms with van der Waals surface area (Å²) in [5, 5.41) is 11.3. The Hall–Kier alpha value is -0.540. The first-order chi connectivity index (χ1) is 9.58. The van der Waals surface area contributed by atoms with Crippen molar-refractivity contribution in [3.63, 3.8) is 0 Å². The number of carbonyl (C=O) groups excluding carboxylic acids is 1. The molecule has 0 atom stereocenters. The maximum atomic E-state index is 11.8. The average molecular weight is 367 g/mol. The summed E-state index contributed by atoms with van der Waals surface area (Å²) in [7, 11) is 0. The number of pyridine rings is 1. The summed E-state index contributed by atoms with van der Waals surface area (Å²) < 4.78 is 1.62. The van der Waals surface area contributed by atoms with Crippen molar-refractivity contribution >= 4 is 69.8 Å². The van der Waals surface area contributed by atoms with E-state index in [1.807, 2.05) is 6.26 Å². The van der Waals surface area contributed by atoms with Crippen LogP contribution in [0.5, 0.6) is 0 Å². The van der Waals surface area contributed by atoms with E-state index in [9.17, 15) is 4.79 Å². The lowest BCUT2D eigenvalue weighted by molar-refractivity contribution is -0.113. The highest BCUT2D eigenvalue weighted by atomic mass is 35.5. The zero-order valence-corrected chi connectivity index (χ0v) is 14.1. The molecule has 0 bridgehead atoms. The number of carbonyl (C=O) groups is 1. The Bertz CT molecular complexity index is 622. The Morgan fingerprint density at radius 2 is 2.15 bits per heavy atom. The van der Waals surface area contributed by atoms with Crippen molar-refractivity contribution < 1.29 is 4.79 Å². The number of nitrogens with zero attached hydrogens (tertiary/aromatic N) is 3. The molecule has 1 amide bonds. The number of hydrogen-bond acceptors (Lipinski definition) is 7. The van der Waals surface area contributed by atoms with Crippen LogP contribution in [0.1, 0.15) is 0 Å². The molecular weight excluding hydrogens is 359 g/mol. The largest absolute Gasteiger partial charge is 0.309 e. The Morgan fingerprint density at radius 3 is 2.80 bits per heavy atom. The van der Waals surface area contributed by atoms with Gasteiger partial charge in [0.15, 0.2) is 14.5 Å². The van der Waals surface area contributed by atoms with Gasteiger partial charge in [-0.25, -0.2) is 4.98 Å². The number of hydrogen-bond donors (Lipinski definition) is 1. The highest BCUT2D eigenvalue weighted by Crippen LogP contribution is 2.27. The number of thioether (sulfide) groups is 2. The highest BCUT2D eigenvalue weighted by molar-refractivity contribution is 8.03. The molecule has 1 N–H and O–H groups in total. The van der Waals surface area contributed by atoms with Crippen molar-refractivity contribution in [2.45, 2.75) is 8.68 Å². The Morgan fingerprint density at radius 1 is 1.40 bits per heavy atom. The van der Waals surface area contributed by atoms with Crippen LogP contribution < -0.4 is 5.32 Å². The van der Waals surface area contributed by atoms with Crippen LogP contribution in [0.4, 0.5) is 5.82 Å². The lowest BCUT2D eigenvalue weighted by atomic mass is 10.4. The van der Waals surface area contributed by atoms with Crippen molar-refractivity contribution in [3.05, 3.63) is 22.3 Å². The van der Waals surface area contributed by atoms with Gasteiger partial charge in [0.05, 0.1) is 15.8 Å². The third-order valence-electron chi connectivity index (χ3n) is 1.95. The maximum absolute atomic E-state index is 11.8. The zero-order valence-electron chi connectivity index (χ0n) is 10.1. The van der Waals surface area contributed by atoms with E-state index in [1.54, 1.807) is 0 Å². The predicted octanol–water partition coefficient (Wildman–Crippen LogP) is 3.69. The molecule has 0 aliphatic carbocycles. The van der Waals surface area contributed by atoms with Gasteiger partial charge < -0.3 is 5.32 Å². The van der Waals surface area contributed by atoms with Crippen molar-refractivity contribution in [1.29, 1.82) is 0 Å². The van der Waals surface area contributed by atoms with E-state index >= 15 is 0 Å². The molecule has 106 valence electrons. The summed E-state index contributed by atoms with van der Waals surface area (Å²) in [6.45, 7) is 0. The predicted molar refractivity (Wildman–Crippen MR) is 85.3 cm³/mol. The molecule has 0 unspecified atom stereocenters. The SMILES string of the molecule is CSc1nnc(SCC(=O)Nc2ncc(Cl)cc2Cl)s1. The molecule has 0 aliphatic rings. The summed E-state index contributed by atoms with van der Waals surface area (Å²) in [4.78, 5) is 15.7. The molecule has 0 fully saturated rings. The van der Waals surface area contributed by atoms with Crippen LogP contribution in [0.2, 0.25) is 10.0 Å². The molecule has 0 saturated heterocycles. The third kappa shape index (κ3) is 4.49. The molecule has 2 heterocycles. The first-order valence-corrected chi connectivity index (χ1v) is 8.98. The summed E-state index contributed by atoms with van der Waals surface area (Å²) >= 11 is 15.9. The van der Waals surface area contributed by atoms with Gasteiger partial charge in [0.2, 0.25) is 5.91 Å². The second-order valence-corrected chi connectivity index (χ2v) is 7.46. The second kappa shape index (κ2) is 7.46. The van der Waals surface area contributed by atoms with Crippen LogP contribution in [0.25, 0.3) is 0 Å². The van der Waals surface area contributed by atoms with Gasteiger partial charge >= 0.3 is 0 Å². The van der Waals surface area contributed by atoms with Crippen LogP contribution in [-0.4, -0.2) is 33.1 Å². The van der Waals surface area contributed by atoms with Crippen molar-refractivity contribution in [2.75, 3.05) is 17.3 Å². The van der Waals surface area contributed by atoms with Gasteiger partial charge in [0, 0.05) is 6.20 Å². The van der Waals surface area contributed by atoms with Crippen LogP contribution in [0.15, 0.2) is 20.9 Å². The molecule has 0 spiro atoms. The highest BCUT2D eigenvalue weighted by Gasteiger charge is 2.10. The molecule has 2 rings (SSSR count). The topological polar surface area (TPSA) is 67.8 Å². The number of rotatable bonds is 5. The minimum Gasteiger partial charge on any atom is -0.309 e. The van der Waals surface area contributed by atoms with Crippen LogP contribution >= 0.6 is 58.1 Å². The van der Waals surface area contributed by atoms with Gasteiger partial charge in [-0.1, -0.05) is 58.1 Å². The number of aromatic nitrogens is 3.